The number of nitro groups is 1. The smallest absolute Gasteiger partial charge is 0.285 e. The number of pyridine rings is 1. The largest absolute Gasteiger partial charge is 0.339 e. The van der Waals surface area contributed by atoms with Crippen LogP contribution in [0.2, 0.25) is 0 Å². The van der Waals surface area contributed by atoms with Crippen LogP contribution in [0.3, 0.4) is 0 Å². The summed E-state index contributed by atoms with van der Waals surface area (Å²) < 4.78 is 29.1. The highest BCUT2D eigenvalue weighted by Gasteiger charge is 2.33. The minimum Gasteiger partial charge on any atom is -0.339 e. The van der Waals surface area contributed by atoms with Gasteiger partial charge in [-0.1, -0.05) is 6.07 Å². The van der Waals surface area contributed by atoms with Crippen molar-refractivity contribution in [1.82, 2.24) is 13.8 Å². The van der Waals surface area contributed by atoms with Gasteiger partial charge in [-0.25, -0.2) is 8.42 Å². The number of carbonyl (C=O) groups excluding carboxylic acids is 1. The van der Waals surface area contributed by atoms with E-state index >= 15 is 0 Å². The lowest BCUT2D eigenvalue weighted by molar-refractivity contribution is -0.385. The molecule has 11 heteroatoms. The van der Waals surface area contributed by atoms with E-state index in [1.165, 1.54) is 9.21 Å². The Morgan fingerprint density at radius 3 is 2.12 bits per heavy atom. The molecular weight excluding hydrogens is 436 g/mol. The number of nitrogens with zero attached hydrogens (tertiary/aromatic N) is 4. The molecule has 1 fully saturated rings. The molecule has 32 heavy (non-hydrogen) atoms. The molecule has 0 N–H and O–H groups in total. The summed E-state index contributed by atoms with van der Waals surface area (Å²) in [7, 11) is -3.73. The normalized spacial score (nSPS) is 15.1. The fraction of sp³-hybridized carbons (Fsp3) is 0.429. The summed E-state index contributed by atoms with van der Waals surface area (Å²) in [4.78, 5) is 36.7. The van der Waals surface area contributed by atoms with Crippen LogP contribution in [0.5, 0.6) is 0 Å². The number of benzene rings is 1. The number of hydrogen-bond acceptors (Lipinski definition) is 6. The van der Waals surface area contributed by atoms with Gasteiger partial charge in [-0.2, -0.15) is 4.31 Å². The molecule has 0 radical (unpaired) electrons. The molecule has 0 aliphatic carbocycles. The fourth-order valence-corrected chi connectivity index (χ4v) is 5.87. The Hall–Kier alpha value is -3.05. The maximum Gasteiger partial charge on any atom is 0.285 e. The van der Waals surface area contributed by atoms with Gasteiger partial charge in [0.15, 0.2) is 0 Å². The minimum absolute atomic E-state index is 0.129. The van der Waals surface area contributed by atoms with Gasteiger partial charge in [0.1, 0.15) is 6.54 Å². The molecule has 1 amide bonds. The van der Waals surface area contributed by atoms with Crippen molar-refractivity contribution in [1.29, 1.82) is 0 Å². The average Bonchev–Trinajstić information content (AvgIpc) is 2.73. The van der Waals surface area contributed by atoms with Gasteiger partial charge in [-0.05, 0) is 49.9 Å². The summed E-state index contributed by atoms with van der Waals surface area (Å²) in [5.41, 5.74) is 2.44. The molecule has 0 bridgehead atoms. The van der Waals surface area contributed by atoms with Gasteiger partial charge in [0.2, 0.25) is 15.9 Å². The van der Waals surface area contributed by atoms with Gasteiger partial charge >= 0.3 is 0 Å². The highest BCUT2D eigenvalue weighted by Crippen LogP contribution is 2.29. The Kier molecular flexibility index (Phi) is 6.51. The van der Waals surface area contributed by atoms with E-state index in [1.807, 2.05) is 19.9 Å². The predicted molar refractivity (Wildman–Crippen MR) is 118 cm³/mol. The molecule has 3 rings (SSSR count). The third kappa shape index (κ3) is 4.44. The SMILES string of the molecule is Cc1cc(C)c(C)c(S(=O)(=O)N2CCN(C(=O)Cn3cc([N+](=O)[O-])ccc3=O)CC2)c1C. The maximum atomic E-state index is 13.4. The average molecular weight is 463 g/mol. The third-order valence-electron chi connectivity index (χ3n) is 5.97. The topological polar surface area (TPSA) is 123 Å². The first kappa shape index (κ1) is 23.6. The second-order valence-corrected chi connectivity index (χ2v) is 9.86. The van der Waals surface area contributed by atoms with Gasteiger partial charge in [0.05, 0.1) is 16.0 Å². The van der Waals surface area contributed by atoms with Crippen molar-refractivity contribution < 1.29 is 18.1 Å². The first-order valence-corrected chi connectivity index (χ1v) is 11.6. The molecule has 0 saturated carbocycles. The van der Waals surface area contributed by atoms with Crippen LogP contribution in [0.25, 0.3) is 0 Å². The molecule has 172 valence electrons. The molecule has 1 aliphatic rings. The monoisotopic (exact) mass is 462 g/mol. The Labute approximate surface area is 186 Å². The zero-order chi connectivity index (χ0) is 23.8. The Morgan fingerprint density at radius 1 is 1.03 bits per heavy atom. The number of piperazine rings is 1. The Morgan fingerprint density at radius 2 is 1.59 bits per heavy atom. The van der Waals surface area contributed by atoms with Gasteiger partial charge in [-0.3, -0.25) is 24.3 Å². The van der Waals surface area contributed by atoms with Crippen LogP contribution in [0.4, 0.5) is 5.69 Å². The van der Waals surface area contributed by atoms with Crippen molar-refractivity contribution in [3.63, 3.8) is 0 Å². The quantitative estimate of drug-likeness (QED) is 0.490. The highest BCUT2D eigenvalue weighted by molar-refractivity contribution is 7.89. The van der Waals surface area contributed by atoms with Crippen molar-refractivity contribution in [2.75, 3.05) is 26.2 Å². The van der Waals surface area contributed by atoms with Crippen LogP contribution in [0.1, 0.15) is 22.3 Å². The summed E-state index contributed by atoms with van der Waals surface area (Å²) in [5, 5.41) is 10.9. The Balaban J connectivity index is 1.74. The molecule has 0 spiro atoms. The van der Waals surface area contributed by atoms with Crippen LogP contribution in [-0.2, 0) is 21.4 Å². The van der Waals surface area contributed by atoms with Crippen molar-refractivity contribution in [3.8, 4) is 0 Å². The van der Waals surface area contributed by atoms with E-state index in [2.05, 4.69) is 0 Å². The lowest BCUT2D eigenvalue weighted by Crippen LogP contribution is -2.51. The summed E-state index contributed by atoms with van der Waals surface area (Å²) in [5.74, 6) is -0.400. The fourth-order valence-electron chi connectivity index (χ4n) is 3.87. The highest BCUT2D eigenvalue weighted by atomic mass is 32.2. The molecule has 1 aromatic carbocycles. The summed E-state index contributed by atoms with van der Waals surface area (Å²) in [6.07, 6.45) is 1.03. The van der Waals surface area contributed by atoms with Crippen molar-refractivity contribution >= 4 is 21.6 Å². The minimum atomic E-state index is -3.73. The first-order chi connectivity index (χ1) is 14.9. The van der Waals surface area contributed by atoms with E-state index in [9.17, 15) is 28.1 Å². The molecular formula is C21H26N4O6S. The van der Waals surface area contributed by atoms with Crippen molar-refractivity contribution in [2.24, 2.45) is 0 Å². The molecule has 0 atom stereocenters. The second-order valence-electron chi connectivity index (χ2n) is 7.98. The second kappa shape index (κ2) is 8.83. The van der Waals surface area contributed by atoms with Crippen LogP contribution in [-0.4, -0.2) is 59.2 Å². The van der Waals surface area contributed by atoms with E-state index in [0.717, 1.165) is 45.2 Å². The van der Waals surface area contributed by atoms with E-state index in [0.29, 0.717) is 4.90 Å². The number of aromatic nitrogens is 1. The summed E-state index contributed by atoms with van der Waals surface area (Å²) >= 11 is 0. The van der Waals surface area contributed by atoms with Crippen molar-refractivity contribution in [3.05, 3.63) is 67.1 Å². The van der Waals surface area contributed by atoms with Gasteiger partial charge < -0.3 is 4.90 Å². The molecule has 0 unspecified atom stereocenters. The molecule has 1 saturated heterocycles. The number of hydrogen-bond donors (Lipinski definition) is 0. The number of sulfonamides is 1. The molecule has 1 aliphatic heterocycles. The molecule has 1 aromatic heterocycles. The number of rotatable bonds is 5. The summed E-state index contributed by atoms with van der Waals surface area (Å²) in [6, 6.07) is 4.10. The zero-order valence-electron chi connectivity index (χ0n) is 18.5. The zero-order valence-corrected chi connectivity index (χ0v) is 19.3. The van der Waals surface area contributed by atoms with Crippen LogP contribution in [0, 0.1) is 37.8 Å². The van der Waals surface area contributed by atoms with Crippen LogP contribution >= 0.6 is 0 Å². The first-order valence-electron chi connectivity index (χ1n) is 10.1. The van der Waals surface area contributed by atoms with E-state index < -0.39 is 26.4 Å². The standard InChI is InChI=1S/C21H26N4O6S/c1-14-11-15(2)17(4)21(16(14)3)32(30,31)24-9-7-22(8-10-24)20(27)13-23-12-18(25(28)29)5-6-19(23)26/h5-6,11-12H,7-10,13H2,1-4H3. The number of carbonyl (C=O) groups is 1. The van der Waals surface area contributed by atoms with E-state index in [1.54, 1.807) is 13.8 Å². The maximum absolute atomic E-state index is 13.4. The Bertz CT molecular complexity index is 1220. The predicted octanol–water partition coefficient (Wildman–Crippen LogP) is 1.52. The number of aryl methyl sites for hydroxylation is 2. The molecule has 10 nitrogen and oxygen atoms in total. The molecule has 2 heterocycles. The third-order valence-corrected chi connectivity index (χ3v) is 8.14. The lowest BCUT2D eigenvalue weighted by Gasteiger charge is -2.35. The van der Waals surface area contributed by atoms with Crippen LogP contribution < -0.4 is 5.56 Å². The summed E-state index contributed by atoms with van der Waals surface area (Å²) in [6.45, 7) is 7.61. The van der Waals surface area contributed by atoms with Crippen molar-refractivity contribution in [2.45, 2.75) is 39.1 Å². The van der Waals surface area contributed by atoms with E-state index in [4.69, 9.17) is 0 Å². The lowest BCUT2D eigenvalue weighted by atomic mass is 10.0. The van der Waals surface area contributed by atoms with Gasteiger partial charge in [0.25, 0.3) is 11.2 Å². The van der Waals surface area contributed by atoms with E-state index in [-0.39, 0.29) is 38.4 Å². The van der Waals surface area contributed by atoms with Gasteiger partial charge in [-0.15, -0.1) is 0 Å². The molecule has 2 aromatic rings. The number of amides is 1. The van der Waals surface area contributed by atoms with Gasteiger partial charge in [0, 0.05) is 38.3 Å². The van der Waals surface area contributed by atoms with Crippen LogP contribution in [0.15, 0.2) is 34.1 Å².